The molecule has 17 heavy (non-hydrogen) atoms. The highest BCUT2D eigenvalue weighted by Gasteiger charge is 2.30. The first-order chi connectivity index (χ1) is 7.93. The summed E-state index contributed by atoms with van der Waals surface area (Å²) in [5.41, 5.74) is 10.9. The Morgan fingerprint density at radius 1 is 1.53 bits per heavy atom. The molecule has 0 aromatic heterocycles. The smallest absolute Gasteiger partial charge is 0.252 e. The van der Waals surface area contributed by atoms with Gasteiger partial charge in [-0.15, -0.1) is 0 Å². The maximum absolute atomic E-state index is 13.0. The van der Waals surface area contributed by atoms with Crippen LogP contribution in [-0.4, -0.2) is 41.9 Å². The molecule has 1 aliphatic carbocycles. The lowest BCUT2D eigenvalue weighted by atomic mass is 9.84. The summed E-state index contributed by atoms with van der Waals surface area (Å²) < 4.78 is 13.0. The van der Waals surface area contributed by atoms with Crippen LogP contribution in [0.15, 0.2) is 0 Å². The van der Waals surface area contributed by atoms with Crippen LogP contribution < -0.4 is 16.8 Å². The van der Waals surface area contributed by atoms with Gasteiger partial charge >= 0.3 is 0 Å². The summed E-state index contributed by atoms with van der Waals surface area (Å²) in [5.74, 6) is -0.272. The standard InChI is InChI=1S/C11H22FN3O2/c1-6-2-7(14)4-8(3-6)15-11(17)10(16)9(12)5-13/h6-10,16H,2-5,13-14H2,1H3,(H,15,17). The van der Waals surface area contributed by atoms with Gasteiger partial charge in [-0.3, -0.25) is 4.79 Å². The number of aliphatic hydroxyl groups excluding tert-OH is 1. The molecule has 0 bridgehead atoms. The van der Waals surface area contributed by atoms with E-state index in [9.17, 15) is 14.3 Å². The molecule has 1 rings (SSSR count). The summed E-state index contributed by atoms with van der Waals surface area (Å²) in [6, 6.07) is -0.0299. The zero-order chi connectivity index (χ0) is 13.0. The first-order valence-electron chi connectivity index (χ1n) is 6.02. The first kappa shape index (κ1) is 14.3. The monoisotopic (exact) mass is 247 g/mol. The van der Waals surface area contributed by atoms with Gasteiger partial charge in [0.15, 0.2) is 6.10 Å². The van der Waals surface area contributed by atoms with Crippen molar-refractivity contribution in [1.29, 1.82) is 0 Å². The Morgan fingerprint density at radius 3 is 2.71 bits per heavy atom. The van der Waals surface area contributed by atoms with Crippen molar-refractivity contribution in [2.45, 2.75) is 50.5 Å². The molecular formula is C11H22FN3O2. The Kier molecular flexibility index (Phi) is 5.30. The van der Waals surface area contributed by atoms with E-state index in [0.717, 1.165) is 12.8 Å². The van der Waals surface area contributed by atoms with Crippen molar-refractivity contribution in [2.24, 2.45) is 17.4 Å². The Morgan fingerprint density at radius 2 is 2.18 bits per heavy atom. The third-order valence-electron chi connectivity index (χ3n) is 3.16. The summed E-state index contributed by atoms with van der Waals surface area (Å²) >= 11 is 0. The predicted molar refractivity (Wildman–Crippen MR) is 62.9 cm³/mol. The van der Waals surface area contributed by atoms with Crippen molar-refractivity contribution in [2.75, 3.05) is 6.54 Å². The molecule has 6 N–H and O–H groups in total. The van der Waals surface area contributed by atoms with E-state index in [1.54, 1.807) is 0 Å². The molecule has 0 heterocycles. The SMILES string of the molecule is CC1CC(N)CC(NC(=O)C(O)C(F)CN)C1. The van der Waals surface area contributed by atoms with Gasteiger partial charge in [0.1, 0.15) is 6.17 Å². The van der Waals surface area contributed by atoms with Gasteiger partial charge in [-0.25, -0.2) is 4.39 Å². The zero-order valence-electron chi connectivity index (χ0n) is 10.1. The van der Waals surface area contributed by atoms with Gasteiger partial charge < -0.3 is 21.9 Å². The third kappa shape index (κ3) is 4.22. The molecule has 100 valence electrons. The van der Waals surface area contributed by atoms with Gasteiger partial charge in [-0.1, -0.05) is 6.92 Å². The number of aliphatic hydroxyl groups is 1. The van der Waals surface area contributed by atoms with E-state index < -0.39 is 18.2 Å². The number of nitrogens with two attached hydrogens (primary N) is 2. The van der Waals surface area contributed by atoms with E-state index in [2.05, 4.69) is 12.2 Å². The van der Waals surface area contributed by atoms with Crippen molar-refractivity contribution in [3.63, 3.8) is 0 Å². The highest BCUT2D eigenvalue weighted by molar-refractivity contribution is 5.81. The summed E-state index contributed by atoms with van der Waals surface area (Å²) in [7, 11) is 0. The molecule has 0 aromatic carbocycles. The van der Waals surface area contributed by atoms with Gasteiger partial charge in [-0.2, -0.15) is 0 Å². The summed E-state index contributed by atoms with van der Waals surface area (Å²) in [4.78, 5) is 11.5. The summed E-state index contributed by atoms with van der Waals surface area (Å²) in [6.45, 7) is 1.70. The second kappa shape index (κ2) is 6.28. The molecule has 0 saturated heterocycles. The highest BCUT2D eigenvalue weighted by Crippen LogP contribution is 2.23. The van der Waals surface area contributed by atoms with E-state index >= 15 is 0 Å². The summed E-state index contributed by atoms with van der Waals surface area (Å²) in [5, 5.41) is 12.0. The van der Waals surface area contributed by atoms with Crippen molar-refractivity contribution in [3.05, 3.63) is 0 Å². The van der Waals surface area contributed by atoms with Gasteiger partial charge in [0.2, 0.25) is 0 Å². The number of carbonyl (C=O) groups is 1. The Bertz CT molecular complexity index is 255. The molecular weight excluding hydrogens is 225 g/mol. The normalized spacial score (nSPS) is 32.9. The largest absolute Gasteiger partial charge is 0.380 e. The Labute approximate surface area is 101 Å². The van der Waals surface area contributed by atoms with Crippen LogP contribution in [0.1, 0.15) is 26.2 Å². The molecule has 5 atom stereocenters. The predicted octanol–water partition coefficient (Wildman–Crippen LogP) is -0.724. The lowest BCUT2D eigenvalue weighted by Crippen LogP contribution is -2.50. The van der Waals surface area contributed by atoms with Crippen LogP contribution in [0, 0.1) is 5.92 Å². The number of hydrogen-bond donors (Lipinski definition) is 4. The number of nitrogens with one attached hydrogen (secondary N) is 1. The molecule has 1 aliphatic rings. The average Bonchev–Trinajstić information content (AvgIpc) is 2.25. The minimum Gasteiger partial charge on any atom is -0.380 e. The molecule has 5 unspecified atom stereocenters. The van der Waals surface area contributed by atoms with Crippen LogP contribution in [0.2, 0.25) is 0 Å². The third-order valence-corrected chi connectivity index (χ3v) is 3.16. The van der Waals surface area contributed by atoms with Crippen LogP contribution in [0.3, 0.4) is 0 Å². The number of halogens is 1. The fraction of sp³-hybridized carbons (Fsp3) is 0.909. The maximum Gasteiger partial charge on any atom is 0.252 e. The lowest BCUT2D eigenvalue weighted by molar-refractivity contribution is -0.133. The van der Waals surface area contributed by atoms with E-state index in [1.807, 2.05) is 0 Å². The maximum atomic E-state index is 13.0. The van der Waals surface area contributed by atoms with Crippen molar-refractivity contribution < 1.29 is 14.3 Å². The fourth-order valence-electron chi connectivity index (χ4n) is 2.35. The lowest BCUT2D eigenvalue weighted by Gasteiger charge is -2.32. The van der Waals surface area contributed by atoms with Gasteiger partial charge in [0, 0.05) is 18.6 Å². The van der Waals surface area contributed by atoms with E-state index in [1.165, 1.54) is 0 Å². The van der Waals surface area contributed by atoms with Gasteiger partial charge in [-0.05, 0) is 25.2 Å². The minimum absolute atomic E-state index is 0.0527. The van der Waals surface area contributed by atoms with Crippen LogP contribution in [0.4, 0.5) is 4.39 Å². The number of amides is 1. The van der Waals surface area contributed by atoms with E-state index in [0.29, 0.717) is 12.3 Å². The number of carbonyl (C=O) groups excluding carboxylic acids is 1. The average molecular weight is 247 g/mol. The molecule has 0 spiro atoms. The second-order valence-electron chi connectivity index (χ2n) is 4.97. The molecule has 0 aromatic rings. The minimum atomic E-state index is -1.72. The van der Waals surface area contributed by atoms with Crippen molar-refractivity contribution in [3.8, 4) is 0 Å². The van der Waals surface area contributed by atoms with Crippen LogP contribution in [0.5, 0.6) is 0 Å². The fourth-order valence-corrected chi connectivity index (χ4v) is 2.35. The molecule has 1 amide bonds. The Balaban J connectivity index is 2.45. The zero-order valence-corrected chi connectivity index (χ0v) is 10.1. The quantitative estimate of drug-likeness (QED) is 0.526. The van der Waals surface area contributed by atoms with Gasteiger partial charge in [0.05, 0.1) is 0 Å². The number of hydrogen-bond acceptors (Lipinski definition) is 4. The number of rotatable bonds is 4. The molecule has 1 saturated carbocycles. The topological polar surface area (TPSA) is 101 Å². The Hall–Kier alpha value is -0.720. The van der Waals surface area contributed by atoms with E-state index in [4.69, 9.17) is 11.5 Å². The van der Waals surface area contributed by atoms with Crippen LogP contribution >= 0.6 is 0 Å². The molecule has 5 nitrogen and oxygen atoms in total. The second-order valence-corrected chi connectivity index (χ2v) is 4.97. The van der Waals surface area contributed by atoms with Crippen LogP contribution in [-0.2, 0) is 4.79 Å². The van der Waals surface area contributed by atoms with Crippen LogP contribution in [0.25, 0.3) is 0 Å². The number of alkyl halides is 1. The summed E-state index contributed by atoms with van der Waals surface area (Å²) in [6.07, 6.45) is -0.990. The van der Waals surface area contributed by atoms with Crippen molar-refractivity contribution >= 4 is 5.91 Å². The van der Waals surface area contributed by atoms with Gasteiger partial charge in [0.25, 0.3) is 5.91 Å². The highest BCUT2D eigenvalue weighted by atomic mass is 19.1. The van der Waals surface area contributed by atoms with E-state index in [-0.39, 0.29) is 18.6 Å². The molecule has 0 aliphatic heterocycles. The molecule has 6 heteroatoms. The van der Waals surface area contributed by atoms with Crippen molar-refractivity contribution in [1.82, 2.24) is 5.32 Å². The molecule has 0 radical (unpaired) electrons. The molecule has 1 fully saturated rings. The first-order valence-corrected chi connectivity index (χ1v) is 6.02.